The molecule has 114 valence electrons. The number of benzene rings is 1. The molecule has 0 aliphatic carbocycles. The molecule has 2 N–H and O–H groups in total. The number of aromatic nitrogens is 2. The van der Waals surface area contributed by atoms with Gasteiger partial charge in [0.1, 0.15) is 0 Å². The van der Waals surface area contributed by atoms with E-state index in [0.717, 1.165) is 23.9 Å². The van der Waals surface area contributed by atoms with Crippen molar-refractivity contribution < 1.29 is 0 Å². The number of aryl methyl sites for hydroxylation is 1. The largest absolute Gasteiger partial charge is 0.370 e. The molecule has 1 heterocycles. The van der Waals surface area contributed by atoms with Gasteiger partial charge in [0.2, 0.25) is 0 Å². The fraction of sp³-hybridized carbons (Fsp3) is 0.438. The van der Waals surface area contributed by atoms with Gasteiger partial charge in [-0.05, 0) is 30.5 Å². The molecule has 0 bridgehead atoms. The molecular formula is C16H23BrN4. The lowest BCUT2D eigenvalue weighted by Gasteiger charge is -2.23. The fourth-order valence-electron chi connectivity index (χ4n) is 2.40. The molecule has 0 amide bonds. The highest BCUT2D eigenvalue weighted by Crippen LogP contribution is 2.26. The summed E-state index contributed by atoms with van der Waals surface area (Å²) in [4.78, 5) is 2.25. The third-order valence-electron chi connectivity index (χ3n) is 3.64. The lowest BCUT2D eigenvalue weighted by atomic mass is 10.0. The number of rotatable bonds is 6. The number of hydrogen-bond donors (Lipinski definition) is 1. The SMILES string of the molecule is CCC(N)Cc1ccc(Br)cc1N(C)Cc1cnn(C)c1. The van der Waals surface area contributed by atoms with Gasteiger partial charge in [-0.1, -0.05) is 28.9 Å². The number of nitrogens with two attached hydrogens (primary N) is 1. The van der Waals surface area contributed by atoms with Gasteiger partial charge >= 0.3 is 0 Å². The molecule has 4 nitrogen and oxygen atoms in total. The van der Waals surface area contributed by atoms with Crippen molar-refractivity contribution in [2.24, 2.45) is 12.8 Å². The Balaban J connectivity index is 2.21. The van der Waals surface area contributed by atoms with Crippen molar-refractivity contribution in [3.05, 3.63) is 46.2 Å². The van der Waals surface area contributed by atoms with Gasteiger partial charge in [-0.25, -0.2) is 0 Å². The van der Waals surface area contributed by atoms with Crippen LogP contribution in [0.5, 0.6) is 0 Å². The average molecular weight is 351 g/mol. The van der Waals surface area contributed by atoms with E-state index in [0.29, 0.717) is 0 Å². The molecule has 2 aromatic rings. The Morgan fingerprint density at radius 1 is 1.43 bits per heavy atom. The van der Waals surface area contributed by atoms with Gasteiger partial charge in [0.25, 0.3) is 0 Å². The van der Waals surface area contributed by atoms with E-state index in [4.69, 9.17) is 5.73 Å². The van der Waals surface area contributed by atoms with Gasteiger partial charge in [0, 0.05) is 48.6 Å². The second-order valence-corrected chi connectivity index (χ2v) is 6.44. The van der Waals surface area contributed by atoms with Crippen LogP contribution < -0.4 is 10.6 Å². The Bertz CT molecular complexity index is 594. The van der Waals surface area contributed by atoms with Crippen molar-refractivity contribution >= 4 is 21.6 Å². The molecule has 0 saturated heterocycles. The summed E-state index contributed by atoms with van der Waals surface area (Å²) in [6, 6.07) is 6.61. The van der Waals surface area contributed by atoms with E-state index in [2.05, 4.69) is 58.1 Å². The van der Waals surface area contributed by atoms with Gasteiger partial charge in [-0.3, -0.25) is 4.68 Å². The molecule has 1 aromatic carbocycles. The molecule has 2 rings (SSSR count). The van der Waals surface area contributed by atoms with E-state index >= 15 is 0 Å². The van der Waals surface area contributed by atoms with Gasteiger partial charge in [-0.2, -0.15) is 5.10 Å². The average Bonchev–Trinajstić information content (AvgIpc) is 2.85. The third kappa shape index (κ3) is 4.32. The van der Waals surface area contributed by atoms with Crippen LogP contribution >= 0.6 is 15.9 Å². The summed E-state index contributed by atoms with van der Waals surface area (Å²) in [6.45, 7) is 2.96. The zero-order chi connectivity index (χ0) is 15.4. The van der Waals surface area contributed by atoms with Crippen LogP contribution in [0.3, 0.4) is 0 Å². The van der Waals surface area contributed by atoms with Crippen LogP contribution in [0.2, 0.25) is 0 Å². The number of halogens is 1. The van der Waals surface area contributed by atoms with E-state index in [1.807, 2.05) is 24.1 Å². The van der Waals surface area contributed by atoms with Crippen LogP contribution in [-0.4, -0.2) is 22.9 Å². The molecular weight excluding hydrogens is 328 g/mol. The maximum atomic E-state index is 6.12. The number of anilines is 1. The maximum absolute atomic E-state index is 6.12. The van der Waals surface area contributed by atoms with Gasteiger partial charge in [0.15, 0.2) is 0 Å². The zero-order valence-corrected chi connectivity index (χ0v) is 14.5. The second kappa shape index (κ2) is 7.09. The highest BCUT2D eigenvalue weighted by Gasteiger charge is 2.12. The molecule has 0 radical (unpaired) electrons. The molecule has 0 fully saturated rings. The molecule has 0 saturated carbocycles. The minimum atomic E-state index is 0.205. The highest BCUT2D eigenvalue weighted by molar-refractivity contribution is 9.10. The van der Waals surface area contributed by atoms with Gasteiger partial charge in [-0.15, -0.1) is 0 Å². The summed E-state index contributed by atoms with van der Waals surface area (Å²) < 4.78 is 2.92. The summed E-state index contributed by atoms with van der Waals surface area (Å²) in [6.07, 6.45) is 5.84. The van der Waals surface area contributed by atoms with Gasteiger partial charge < -0.3 is 10.6 Å². The summed E-state index contributed by atoms with van der Waals surface area (Å²) >= 11 is 3.56. The zero-order valence-electron chi connectivity index (χ0n) is 12.9. The van der Waals surface area contributed by atoms with E-state index < -0.39 is 0 Å². The van der Waals surface area contributed by atoms with Crippen molar-refractivity contribution in [3.63, 3.8) is 0 Å². The maximum Gasteiger partial charge on any atom is 0.0539 e. The van der Waals surface area contributed by atoms with Crippen molar-refractivity contribution in [3.8, 4) is 0 Å². The topological polar surface area (TPSA) is 47.1 Å². The molecule has 1 aromatic heterocycles. The smallest absolute Gasteiger partial charge is 0.0539 e. The predicted molar refractivity (Wildman–Crippen MR) is 91.4 cm³/mol. The monoisotopic (exact) mass is 350 g/mol. The molecule has 5 heteroatoms. The van der Waals surface area contributed by atoms with Gasteiger partial charge in [0.05, 0.1) is 6.20 Å². The summed E-state index contributed by atoms with van der Waals surface area (Å²) in [5.41, 5.74) is 9.83. The van der Waals surface area contributed by atoms with E-state index in [-0.39, 0.29) is 6.04 Å². The molecule has 0 aliphatic rings. The van der Waals surface area contributed by atoms with E-state index in [1.165, 1.54) is 16.8 Å². The lowest BCUT2D eigenvalue weighted by molar-refractivity contribution is 0.645. The molecule has 21 heavy (non-hydrogen) atoms. The van der Waals surface area contributed by atoms with Crippen molar-refractivity contribution in [1.29, 1.82) is 0 Å². The van der Waals surface area contributed by atoms with E-state index in [1.54, 1.807) is 0 Å². The number of nitrogens with zero attached hydrogens (tertiary/aromatic N) is 3. The van der Waals surface area contributed by atoms with Crippen molar-refractivity contribution in [2.45, 2.75) is 32.4 Å². The number of hydrogen-bond acceptors (Lipinski definition) is 3. The van der Waals surface area contributed by atoms with Crippen LogP contribution in [0.4, 0.5) is 5.69 Å². The molecule has 0 spiro atoms. The minimum Gasteiger partial charge on any atom is -0.370 e. The quantitative estimate of drug-likeness (QED) is 0.870. The lowest BCUT2D eigenvalue weighted by Crippen LogP contribution is -2.24. The second-order valence-electron chi connectivity index (χ2n) is 5.52. The van der Waals surface area contributed by atoms with Crippen LogP contribution in [0.1, 0.15) is 24.5 Å². The Labute approximate surface area is 135 Å². The van der Waals surface area contributed by atoms with Crippen LogP contribution in [-0.2, 0) is 20.0 Å². The van der Waals surface area contributed by atoms with Crippen LogP contribution in [0, 0.1) is 0 Å². The summed E-state index contributed by atoms with van der Waals surface area (Å²) in [5, 5.41) is 4.23. The van der Waals surface area contributed by atoms with Crippen LogP contribution in [0.25, 0.3) is 0 Å². The Morgan fingerprint density at radius 2 is 2.19 bits per heavy atom. The third-order valence-corrected chi connectivity index (χ3v) is 4.14. The minimum absolute atomic E-state index is 0.205. The Hall–Kier alpha value is -1.33. The first-order valence-electron chi connectivity index (χ1n) is 7.22. The highest BCUT2D eigenvalue weighted by atomic mass is 79.9. The Morgan fingerprint density at radius 3 is 2.81 bits per heavy atom. The molecule has 1 unspecified atom stereocenters. The van der Waals surface area contributed by atoms with Crippen molar-refractivity contribution in [2.75, 3.05) is 11.9 Å². The summed E-state index contributed by atoms with van der Waals surface area (Å²) in [7, 11) is 4.05. The normalized spacial score (nSPS) is 12.4. The van der Waals surface area contributed by atoms with Crippen molar-refractivity contribution in [1.82, 2.24) is 9.78 Å². The molecule has 0 aliphatic heterocycles. The molecule has 1 atom stereocenters. The first-order chi connectivity index (χ1) is 9.99. The first kappa shape index (κ1) is 16.0. The predicted octanol–water partition coefficient (Wildman–Crippen LogP) is 3.10. The van der Waals surface area contributed by atoms with Crippen LogP contribution in [0.15, 0.2) is 35.1 Å². The first-order valence-corrected chi connectivity index (χ1v) is 8.01. The van der Waals surface area contributed by atoms with E-state index in [9.17, 15) is 0 Å². The Kier molecular flexibility index (Phi) is 5.42. The fourth-order valence-corrected chi connectivity index (χ4v) is 2.75. The standard InChI is InChI=1S/C16H23BrN4/c1-4-15(18)7-13-5-6-14(17)8-16(13)20(2)10-12-9-19-21(3)11-12/h5-6,8-9,11,15H,4,7,10,18H2,1-3H3. The summed E-state index contributed by atoms with van der Waals surface area (Å²) in [5.74, 6) is 0.